The number of nitrogens with one attached hydrogen (secondary N) is 1. The van der Waals surface area contributed by atoms with Crippen LogP contribution in [-0.4, -0.2) is 49.3 Å². The van der Waals surface area contributed by atoms with Crippen molar-refractivity contribution < 1.29 is 9.53 Å². The van der Waals surface area contributed by atoms with E-state index in [9.17, 15) is 4.79 Å². The zero-order chi connectivity index (χ0) is 9.97. The summed E-state index contributed by atoms with van der Waals surface area (Å²) in [5.74, 6) is 0. The second-order valence-electron chi connectivity index (χ2n) is 3.89. The molecule has 0 spiro atoms. The van der Waals surface area contributed by atoms with Crippen molar-refractivity contribution in [1.29, 1.82) is 0 Å². The summed E-state index contributed by atoms with van der Waals surface area (Å²) in [5, 5.41) is 3.28. The van der Waals surface area contributed by atoms with Gasteiger partial charge in [-0.1, -0.05) is 0 Å². The Hall–Kier alpha value is -0.810. The number of cyclic esters (lactones) is 1. The van der Waals surface area contributed by atoms with Gasteiger partial charge in [-0.05, 0) is 19.4 Å². The first kappa shape index (κ1) is 9.73. The second kappa shape index (κ2) is 4.14. The van der Waals surface area contributed by atoms with Crippen molar-refractivity contribution in [1.82, 2.24) is 10.2 Å². The number of hydrogen-bond acceptors (Lipinski definition) is 4. The number of carbonyl (C=O) groups is 1. The summed E-state index contributed by atoms with van der Waals surface area (Å²) in [6.07, 6.45) is 1.89. The van der Waals surface area contributed by atoms with Gasteiger partial charge in [0, 0.05) is 19.1 Å². The highest BCUT2D eigenvalue weighted by Crippen LogP contribution is 2.18. The van der Waals surface area contributed by atoms with Crippen LogP contribution in [0.3, 0.4) is 0 Å². The van der Waals surface area contributed by atoms with Gasteiger partial charge in [-0.3, -0.25) is 0 Å². The van der Waals surface area contributed by atoms with Crippen LogP contribution in [0.4, 0.5) is 4.79 Å². The van der Waals surface area contributed by atoms with Crippen molar-refractivity contribution in [2.24, 2.45) is 5.73 Å². The summed E-state index contributed by atoms with van der Waals surface area (Å²) >= 11 is 0. The average molecular weight is 199 g/mol. The predicted molar refractivity (Wildman–Crippen MR) is 51.9 cm³/mol. The zero-order valence-corrected chi connectivity index (χ0v) is 8.24. The van der Waals surface area contributed by atoms with Crippen LogP contribution in [0.15, 0.2) is 0 Å². The summed E-state index contributed by atoms with van der Waals surface area (Å²) in [5.41, 5.74) is 5.47. The Labute approximate surface area is 83.6 Å². The fraction of sp³-hybridized carbons (Fsp3) is 0.889. The van der Waals surface area contributed by atoms with Crippen LogP contribution >= 0.6 is 0 Å². The third-order valence-corrected chi connectivity index (χ3v) is 2.88. The molecule has 2 aliphatic rings. The Bertz CT molecular complexity index is 216. The van der Waals surface area contributed by atoms with Crippen molar-refractivity contribution in [2.75, 3.05) is 26.2 Å². The van der Waals surface area contributed by atoms with E-state index in [4.69, 9.17) is 10.5 Å². The minimum atomic E-state index is -0.200. The van der Waals surface area contributed by atoms with E-state index >= 15 is 0 Å². The van der Waals surface area contributed by atoms with Gasteiger partial charge >= 0.3 is 6.09 Å². The first-order chi connectivity index (χ1) is 6.81. The molecular formula is C9H17N3O2. The maximum absolute atomic E-state index is 11.5. The molecule has 1 amide bonds. The van der Waals surface area contributed by atoms with Crippen LogP contribution in [0.2, 0.25) is 0 Å². The lowest BCUT2D eigenvalue weighted by atomic mass is 10.1. The zero-order valence-electron chi connectivity index (χ0n) is 8.24. The van der Waals surface area contributed by atoms with Crippen molar-refractivity contribution in [3.05, 3.63) is 0 Å². The van der Waals surface area contributed by atoms with Gasteiger partial charge in [0.25, 0.3) is 0 Å². The quantitative estimate of drug-likeness (QED) is 0.630. The van der Waals surface area contributed by atoms with Gasteiger partial charge in [-0.15, -0.1) is 0 Å². The van der Waals surface area contributed by atoms with E-state index in [0.717, 1.165) is 25.9 Å². The molecule has 1 unspecified atom stereocenters. The third kappa shape index (κ3) is 1.83. The summed E-state index contributed by atoms with van der Waals surface area (Å²) in [4.78, 5) is 13.3. The number of nitrogens with zero attached hydrogens (tertiary/aromatic N) is 1. The Morgan fingerprint density at radius 3 is 3.07 bits per heavy atom. The number of ether oxygens (including phenoxy) is 1. The standard InChI is InChI=1S/C9H17N3O2/c10-4-8-6-12(9(13)14-8)7-2-1-3-11-5-7/h7-8,11H,1-6,10H2/t7?,8-/m0/s1. The van der Waals surface area contributed by atoms with Gasteiger partial charge < -0.3 is 20.7 Å². The number of piperidine rings is 1. The van der Waals surface area contributed by atoms with Crippen molar-refractivity contribution in [3.8, 4) is 0 Å². The Morgan fingerprint density at radius 1 is 1.64 bits per heavy atom. The maximum Gasteiger partial charge on any atom is 0.410 e. The van der Waals surface area contributed by atoms with Crippen molar-refractivity contribution >= 4 is 6.09 Å². The molecule has 5 heteroatoms. The molecule has 0 aromatic rings. The Balaban J connectivity index is 1.93. The van der Waals surface area contributed by atoms with Crippen LogP contribution in [0.25, 0.3) is 0 Å². The van der Waals surface area contributed by atoms with Crippen molar-refractivity contribution in [2.45, 2.75) is 25.0 Å². The van der Waals surface area contributed by atoms with E-state index in [2.05, 4.69) is 5.32 Å². The lowest BCUT2D eigenvalue weighted by Crippen LogP contribution is -2.46. The smallest absolute Gasteiger partial charge is 0.410 e. The fourth-order valence-electron chi connectivity index (χ4n) is 2.06. The predicted octanol–water partition coefficient (Wildman–Crippen LogP) is -0.482. The minimum Gasteiger partial charge on any atom is -0.443 e. The van der Waals surface area contributed by atoms with Crippen LogP contribution in [0.5, 0.6) is 0 Å². The van der Waals surface area contributed by atoms with E-state index in [1.54, 1.807) is 0 Å². The first-order valence-electron chi connectivity index (χ1n) is 5.19. The van der Waals surface area contributed by atoms with Crippen LogP contribution in [-0.2, 0) is 4.74 Å². The molecule has 0 bridgehead atoms. The second-order valence-corrected chi connectivity index (χ2v) is 3.89. The molecule has 0 saturated carbocycles. The summed E-state index contributed by atoms with van der Waals surface area (Å²) in [6.45, 7) is 3.01. The van der Waals surface area contributed by atoms with Gasteiger partial charge in [0.15, 0.2) is 0 Å². The van der Waals surface area contributed by atoms with E-state index < -0.39 is 0 Å². The summed E-state index contributed by atoms with van der Waals surface area (Å²) < 4.78 is 5.11. The molecule has 2 saturated heterocycles. The molecule has 3 N–H and O–H groups in total. The monoisotopic (exact) mass is 199 g/mol. The number of rotatable bonds is 2. The number of amides is 1. The molecule has 80 valence electrons. The van der Waals surface area contributed by atoms with Gasteiger partial charge in [0.05, 0.1) is 6.54 Å². The van der Waals surface area contributed by atoms with E-state index in [1.165, 1.54) is 0 Å². The summed E-state index contributed by atoms with van der Waals surface area (Å²) in [7, 11) is 0. The third-order valence-electron chi connectivity index (χ3n) is 2.88. The van der Waals surface area contributed by atoms with Gasteiger partial charge in [-0.25, -0.2) is 4.79 Å². The van der Waals surface area contributed by atoms with E-state index in [1.807, 2.05) is 4.90 Å². The number of nitrogens with two attached hydrogens (primary N) is 1. The molecular weight excluding hydrogens is 182 g/mol. The van der Waals surface area contributed by atoms with Gasteiger partial charge in [0.2, 0.25) is 0 Å². The molecule has 0 aliphatic carbocycles. The van der Waals surface area contributed by atoms with Crippen LogP contribution < -0.4 is 11.1 Å². The number of hydrogen-bond donors (Lipinski definition) is 2. The SMILES string of the molecule is NC[C@H]1CN(C2CCCNC2)C(=O)O1. The minimum absolute atomic E-state index is 0.107. The normalized spacial score (nSPS) is 33.2. The topological polar surface area (TPSA) is 67.6 Å². The Morgan fingerprint density at radius 2 is 2.50 bits per heavy atom. The molecule has 2 atom stereocenters. The van der Waals surface area contributed by atoms with Crippen LogP contribution in [0.1, 0.15) is 12.8 Å². The average Bonchev–Trinajstić information content (AvgIpc) is 2.61. The largest absolute Gasteiger partial charge is 0.443 e. The molecule has 0 aromatic carbocycles. The molecule has 14 heavy (non-hydrogen) atoms. The highest BCUT2D eigenvalue weighted by atomic mass is 16.6. The molecule has 5 nitrogen and oxygen atoms in total. The maximum atomic E-state index is 11.5. The highest BCUT2D eigenvalue weighted by Gasteiger charge is 2.35. The van der Waals surface area contributed by atoms with E-state index in [0.29, 0.717) is 19.1 Å². The van der Waals surface area contributed by atoms with Crippen LogP contribution in [0, 0.1) is 0 Å². The number of carbonyl (C=O) groups excluding carboxylic acids is 1. The molecule has 0 aromatic heterocycles. The molecule has 2 rings (SSSR count). The van der Waals surface area contributed by atoms with Gasteiger partial charge in [-0.2, -0.15) is 0 Å². The Kier molecular flexibility index (Phi) is 2.88. The molecule has 2 aliphatic heterocycles. The molecule has 2 heterocycles. The lowest BCUT2D eigenvalue weighted by Gasteiger charge is -2.29. The molecule has 2 fully saturated rings. The summed E-state index contributed by atoms with van der Waals surface area (Å²) in [6, 6.07) is 0.299. The lowest BCUT2D eigenvalue weighted by molar-refractivity contribution is 0.127. The first-order valence-corrected chi connectivity index (χ1v) is 5.19. The fourth-order valence-corrected chi connectivity index (χ4v) is 2.06. The van der Waals surface area contributed by atoms with E-state index in [-0.39, 0.29) is 12.2 Å². The van der Waals surface area contributed by atoms with Gasteiger partial charge in [0.1, 0.15) is 6.10 Å². The molecule has 0 radical (unpaired) electrons. The highest BCUT2D eigenvalue weighted by molar-refractivity contribution is 5.70. The van der Waals surface area contributed by atoms with Crippen molar-refractivity contribution in [3.63, 3.8) is 0 Å².